The van der Waals surface area contributed by atoms with Crippen LogP contribution in [0.1, 0.15) is 45.6 Å². The van der Waals surface area contributed by atoms with Gasteiger partial charge in [0.15, 0.2) is 0 Å². The van der Waals surface area contributed by atoms with Crippen LogP contribution in [0.25, 0.3) is 0 Å². The minimum absolute atomic E-state index is 0.121. The summed E-state index contributed by atoms with van der Waals surface area (Å²) in [5, 5.41) is 0. The number of rotatable bonds is 4. The van der Waals surface area contributed by atoms with Gasteiger partial charge in [-0.25, -0.2) is 4.39 Å². The van der Waals surface area contributed by atoms with Crippen LogP contribution in [0, 0.1) is 11.2 Å². The third-order valence-electron chi connectivity index (χ3n) is 4.34. The third kappa shape index (κ3) is 5.61. The maximum absolute atomic E-state index is 13.0. The molecular weight excluding hydrogens is 291 g/mol. The van der Waals surface area contributed by atoms with Gasteiger partial charge in [0.25, 0.3) is 0 Å². The molecule has 0 radical (unpaired) electrons. The Hall–Kier alpha value is -1.42. The summed E-state index contributed by atoms with van der Waals surface area (Å²) in [7, 11) is 0. The third-order valence-corrected chi connectivity index (χ3v) is 4.34. The molecule has 0 aromatic heterocycles. The highest BCUT2D eigenvalue weighted by Gasteiger charge is 2.25. The highest BCUT2D eigenvalue weighted by Crippen LogP contribution is 2.21. The average molecular weight is 320 g/mol. The maximum Gasteiger partial charge on any atom is 0.223 e. The van der Waals surface area contributed by atoms with Gasteiger partial charge in [-0.3, -0.25) is 9.69 Å². The molecule has 0 N–H and O–H groups in total. The summed E-state index contributed by atoms with van der Waals surface area (Å²) in [4.78, 5) is 16.9. The molecule has 3 nitrogen and oxygen atoms in total. The first-order valence-corrected chi connectivity index (χ1v) is 8.50. The molecule has 0 saturated carbocycles. The Morgan fingerprint density at radius 3 is 2.22 bits per heavy atom. The molecule has 1 aromatic carbocycles. The van der Waals surface area contributed by atoms with Gasteiger partial charge in [0.2, 0.25) is 5.91 Å². The number of nitrogens with zero attached hydrogens (tertiary/aromatic N) is 2. The Balaban J connectivity index is 1.82. The molecule has 1 aromatic rings. The molecule has 1 aliphatic rings. The summed E-state index contributed by atoms with van der Waals surface area (Å²) in [5.41, 5.74) is 1.31. The second-order valence-electron chi connectivity index (χ2n) is 7.87. The van der Waals surface area contributed by atoms with Crippen molar-refractivity contribution in [3.05, 3.63) is 35.6 Å². The monoisotopic (exact) mass is 320 g/mol. The van der Waals surface area contributed by atoms with Crippen LogP contribution in [0.5, 0.6) is 0 Å². The van der Waals surface area contributed by atoms with Crippen molar-refractivity contribution in [1.82, 2.24) is 9.80 Å². The maximum atomic E-state index is 13.0. The lowest BCUT2D eigenvalue weighted by molar-refractivity contribution is -0.133. The van der Waals surface area contributed by atoms with Crippen molar-refractivity contribution < 1.29 is 9.18 Å². The van der Waals surface area contributed by atoms with Gasteiger partial charge in [0.05, 0.1) is 0 Å². The standard InChI is InChI=1S/C19H29FN2O/c1-15(16-5-7-17(20)8-6-16)13-18(23)22-11-9-21(10-12-22)14-19(2,3)4/h5-8,15H,9-14H2,1-4H3. The fourth-order valence-electron chi connectivity index (χ4n) is 3.13. The van der Waals surface area contributed by atoms with Crippen molar-refractivity contribution in [1.29, 1.82) is 0 Å². The molecule has 0 spiro atoms. The number of carbonyl (C=O) groups is 1. The van der Waals surface area contributed by atoms with E-state index in [2.05, 4.69) is 25.7 Å². The average Bonchev–Trinajstić information content (AvgIpc) is 2.46. The normalized spacial score (nSPS) is 18.0. The van der Waals surface area contributed by atoms with Gasteiger partial charge >= 0.3 is 0 Å². The Bertz CT molecular complexity index is 513. The predicted molar refractivity (Wildman–Crippen MR) is 91.9 cm³/mol. The van der Waals surface area contributed by atoms with Gasteiger partial charge < -0.3 is 4.90 Å². The first kappa shape index (κ1) is 17.9. The second-order valence-corrected chi connectivity index (χ2v) is 7.87. The minimum atomic E-state index is -0.234. The molecule has 4 heteroatoms. The van der Waals surface area contributed by atoms with Crippen LogP contribution in [0.15, 0.2) is 24.3 Å². The number of piperazine rings is 1. The van der Waals surface area contributed by atoms with Crippen LogP contribution in [-0.2, 0) is 4.79 Å². The van der Waals surface area contributed by atoms with E-state index in [4.69, 9.17) is 0 Å². The van der Waals surface area contributed by atoms with Gasteiger partial charge in [0, 0.05) is 39.1 Å². The van der Waals surface area contributed by atoms with E-state index in [0.717, 1.165) is 38.3 Å². The van der Waals surface area contributed by atoms with E-state index in [1.807, 2.05) is 11.8 Å². The Morgan fingerprint density at radius 2 is 1.70 bits per heavy atom. The van der Waals surface area contributed by atoms with Crippen molar-refractivity contribution in [2.24, 2.45) is 5.41 Å². The fraction of sp³-hybridized carbons (Fsp3) is 0.632. The van der Waals surface area contributed by atoms with E-state index in [9.17, 15) is 9.18 Å². The van der Waals surface area contributed by atoms with Crippen molar-refractivity contribution in [3.63, 3.8) is 0 Å². The number of hydrogen-bond acceptors (Lipinski definition) is 2. The molecule has 1 fully saturated rings. The van der Waals surface area contributed by atoms with Crippen LogP contribution in [0.3, 0.4) is 0 Å². The number of carbonyl (C=O) groups excluding carboxylic acids is 1. The van der Waals surface area contributed by atoms with Crippen LogP contribution in [0.2, 0.25) is 0 Å². The Labute approximate surface area is 139 Å². The SMILES string of the molecule is CC(CC(=O)N1CCN(CC(C)(C)C)CC1)c1ccc(F)cc1. The second kappa shape index (κ2) is 7.43. The van der Waals surface area contributed by atoms with Gasteiger partial charge in [-0.05, 0) is 29.0 Å². The van der Waals surface area contributed by atoms with Crippen molar-refractivity contribution in [2.75, 3.05) is 32.7 Å². The molecule has 1 aliphatic heterocycles. The summed E-state index contributed by atoms with van der Waals surface area (Å²) >= 11 is 0. The lowest BCUT2D eigenvalue weighted by Crippen LogP contribution is -2.50. The zero-order valence-corrected chi connectivity index (χ0v) is 14.8. The molecular formula is C19H29FN2O. The summed E-state index contributed by atoms with van der Waals surface area (Å²) in [5.74, 6) is 0.0928. The zero-order chi connectivity index (χ0) is 17.0. The van der Waals surface area contributed by atoms with Gasteiger partial charge in [-0.15, -0.1) is 0 Å². The van der Waals surface area contributed by atoms with Crippen LogP contribution >= 0.6 is 0 Å². The first-order valence-electron chi connectivity index (χ1n) is 8.50. The van der Waals surface area contributed by atoms with Crippen LogP contribution in [0.4, 0.5) is 4.39 Å². The number of benzene rings is 1. The minimum Gasteiger partial charge on any atom is -0.340 e. The van der Waals surface area contributed by atoms with Crippen LogP contribution < -0.4 is 0 Å². The van der Waals surface area contributed by atoms with Crippen molar-refractivity contribution in [2.45, 2.75) is 40.0 Å². The van der Waals surface area contributed by atoms with E-state index >= 15 is 0 Å². The topological polar surface area (TPSA) is 23.6 Å². The number of hydrogen-bond donors (Lipinski definition) is 0. The number of amides is 1. The van der Waals surface area contributed by atoms with Gasteiger partial charge in [-0.2, -0.15) is 0 Å². The highest BCUT2D eigenvalue weighted by atomic mass is 19.1. The Morgan fingerprint density at radius 1 is 1.13 bits per heavy atom. The molecule has 0 aliphatic carbocycles. The summed E-state index contributed by atoms with van der Waals surface area (Å²) in [6.07, 6.45) is 0.491. The van der Waals surface area contributed by atoms with Crippen LogP contribution in [-0.4, -0.2) is 48.4 Å². The zero-order valence-electron chi connectivity index (χ0n) is 14.8. The molecule has 1 amide bonds. The smallest absolute Gasteiger partial charge is 0.223 e. The molecule has 1 saturated heterocycles. The molecule has 2 rings (SSSR count). The predicted octanol–water partition coefficient (Wildman–Crippen LogP) is 3.51. The summed E-state index contributed by atoms with van der Waals surface area (Å²) in [6, 6.07) is 6.46. The largest absolute Gasteiger partial charge is 0.340 e. The number of halogens is 1. The van der Waals surface area contributed by atoms with Gasteiger partial charge in [0.1, 0.15) is 5.82 Å². The van der Waals surface area contributed by atoms with E-state index in [1.165, 1.54) is 12.1 Å². The van der Waals surface area contributed by atoms with Crippen molar-refractivity contribution >= 4 is 5.91 Å². The van der Waals surface area contributed by atoms with Gasteiger partial charge in [-0.1, -0.05) is 39.8 Å². The lowest BCUT2D eigenvalue weighted by atomic mass is 9.95. The Kier molecular flexibility index (Phi) is 5.79. The summed E-state index contributed by atoms with van der Waals surface area (Å²) in [6.45, 7) is 13.4. The van der Waals surface area contributed by atoms with Crippen molar-refractivity contribution in [3.8, 4) is 0 Å². The summed E-state index contributed by atoms with van der Waals surface area (Å²) < 4.78 is 13.0. The van der Waals surface area contributed by atoms with E-state index in [-0.39, 0.29) is 17.6 Å². The highest BCUT2D eigenvalue weighted by molar-refractivity contribution is 5.77. The quantitative estimate of drug-likeness (QED) is 0.847. The molecule has 1 unspecified atom stereocenters. The molecule has 1 atom stereocenters. The molecule has 23 heavy (non-hydrogen) atoms. The lowest BCUT2D eigenvalue weighted by Gasteiger charge is -2.38. The molecule has 0 bridgehead atoms. The fourth-order valence-corrected chi connectivity index (χ4v) is 3.13. The van der Waals surface area contributed by atoms with E-state index in [1.54, 1.807) is 12.1 Å². The molecule has 1 heterocycles. The van der Waals surface area contributed by atoms with E-state index in [0.29, 0.717) is 11.8 Å². The first-order chi connectivity index (χ1) is 10.7. The molecule has 128 valence electrons. The van der Waals surface area contributed by atoms with E-state index < -0.39 is 0 Å².